The van der Waals surface area contributed by atoms with Gasteiger partial charge in [0.05, 0.1) is 16.8 Å². The lowest BCUT2D eigenvalue weighted by atomic mass is 10.1. The molecule has 0 bridgehead atoms. The molecule has 0 saturated heterocycles. The number of aromatic amines is 1. The van der Waals surface area contributed by atoms with Crippen molar-refractivity contribution in [2.75, 3.05) is 0 Å². The summed E-state index contributed by atoms with van der Waals surface area (Å²) in [6, 6.07) is 15.5. The van der Waals surface area contributed by atoms with Crippen molar-refractivity contribution in [2.24, 2.45) is 5.10 Å². The first-order valence-electron chi connectivity index (χ1n) is 8.29. The number of non-ortho nitro benzene ring substituents is 1. The summed E-state index contributed by atoms with van der Waals surface area (Å²) in [5.41, 5.74) is 5.88. The predicted molar refractivity (Wildman–Crippen MR) is 102 cm³/mol. The van der Waals surface area contributed by atoms with Gasteiger partial charge in [-0.2, -0.15) is 10.2 Å². The van der Waals surface area contributed by atoms with Crippen molar-refractivity contribution in [1.29, 1.82) is 0 Å². The Hall–Kier alpha value is -3.81. The van der Waals surface area contributed by atoms with Gasteiger partial charge in [0, 0.05) is 23.3 Å². The number of hydrogen-bond donors (Lipinski definition) is 2. The number of carbonyl (C=O) groups is 1. The smallest absolute Gasteiger partial charge is 0.272 e. The standard InChI is InChI=1S/C19H17N5O3/c1-2-13-6-8-15(9-7-13)17-11-18(22-21-17)19(25)23-20-12-14-4-3-5-16(10-14)24(26)27/h3-12H,2H2,1H3,(H,21,22)(H,23,25)/b20-12+. The first-order chi connectivity index (χ1) is 13.1. The van der Waals surface area contributed by atoms with Crippen LogP contribution in [0.3, 0.4) is 0 Å². The summed E-state index contributed by atoms with van der Waals surface area (Å²) >= 11 is 0. The molecule has 136 valence electrons. The molecule has 0 radical (unpaired) electrons. The van der Waals surface area contributed by atoms with Gasteiger partial charge in [-0.1, -0.05) is 43.3 Å². The average Bonchev–Trinajstić information content (AvgIpc) is 3.18. The van der Waals surface area contributed by atoms with Crippen LogP contribution in [-0.2, 0) is 6.42 Å². The zero-order chi connectivity index (χ0) is 19.2. The van der Waals surface area contributed by atoms with Crippen molar-refractivity contribution in [2.45, 2.75) is 13.3 Å². The van der Waals surface area contributed by atoms with Crippen molar-refractivity contribution < 1.29 is 9.72 Å². The van der Waals surface area contributed by atoms with Crippen LogP contribution < -0.4 is 5.43 Å². The van der Waals surface area contributed by atoms with Crippen LogP contribution >= 0.6 is 0 Å². The Labute approximate surface area is 155 Å². The molecule has 3 aromatic rings. The van der Waals surface area contributed by atoms with Gasteiger partial charge in [-0.3, -0.25) is 20.0 Å². The van der Waals surface area contributed by atoms with E-state index in [0.717, 1.165) is 12.0 Å². The van der Waals surface area contributed by atoms with Crippen molar-refractivity contribution in [1.82, 2.24) is 15.6 Å². The molecule has 2 aromatic carbocycles. The highest BCUT2D eigenvalue weighted by atomic mass is 16.6. The molecule has 0 atom stereocenters. The molecule has 2 N–H and O–H groups in total. The summed E-state index contributed by atoms with van der Waals surface area (Å²) < 4.78 is 0. The molecule has 0 saturated carbocycles. The normalized spacial score (nSPS) is 10.9. The number of H-pyrrole nitrogens is 1. The largest absolute Gasteiger partial charge is 0.289 e. The number of nitrogens with zero attached hydrogens (tertiary/aromatic N) is 3. The van der Waals surface area contributed by atoms with Crippen LogP contribution in [0.2, 0.25) is 0 Å². The molecule has 27 heavy (non-hydrogen) atoms. The van der Waals surface area contributed by atoms with Crippen molar-refractivity contribution in [3.05, 3.63) is 81.5 Å². The van der Waals surface area contributed by atoms with Crippen LogP contribution in [0.15, 0.2) is 59.7 Å². The fourth-order valence-electron chi connectivity index (χ4n) is 2.44. The molecule has 0 aliphatic heterocycles. The lowest BCUT2D eigenvalue weighted by molar-refractivity contribution is -0.384. The molecule has 0 aliphatic rings. The summed E-state index contributed by atoms with van der Waals surface area (Å²) in [7, 11) is 0. The van der Waals surface area contributed by atoms with E-state index >= 15 is 0 Å². The van der Waals surface area contributed by atoms with E-state index in [1.807, 2.05) is 24.3 Å². The minimum Gasteiger partial charge on any atom is -0.272 e. The third-order valence-electron chi connectivity index (χ3n) is 3.94. The van der Waals surface area contributed by atoms with Crippen molar-refractivity contribution in [3.63, 3.8) is 0 Å². The molecule has 0 fully saturated rings. The van der Waals surface area contributed by atoms with Crippen LogP contribution in [0, 0.1) is 10.1 Å². The summed E-state index contributed by atoms with van der Waals surface area (Å²) in [5.74, 6) is -0.458. The monoisotopic (exact) mass is 363 g/mol. The minimum absolute atomic E-state index is 0.0439. The van der Waals surface area contributed by atoms with E-state index in [4.69, 9.17) is 0 Å². The van der Waals surface area contributed by atoms with Gasteiger partial charge >= 0.3 is 0 Å². The first kappa shape index (κ1) is 18.0. The van der Waals surface area contributed by atoms with Crippen molar-refractivity contribution >= 4 is 17.8 Å². The van der Waals surface area contributed by atoms with E-state index in [9.17, 15) is 14.9 Å². The number of nitro benzene ring substituents is 1. The zero-order valence-electron chi connectivity index (χ0n) is 14.5. The second-order valence-corrected chi connectivity index (χ2v) is 5.77. The minimum atomic E-state index is -0.491. The molecule has 3 rings (SSSR count). The Morgan fingerprint density at radius 3 is 2.74 bits per heavy atom. The van der Waals surface area contributed by atoms with E-state index in [1.165, 1.54) is 23.9 Å². The van der Waals surface area contributed by atoms with Crippen LogP contribution in [0.4, 0.5) is 5.69 Å². The lowest BCUT2D eigenvalue weighted by Crippen LogP contribution is -2.18. The Morgan fingerprint density at radius 2 is 2.04 bits per heavy atom. The van der Waals surface area contributed by atoms with Gasteiger partial charge in [-0.25, -0.2) is 5.43 Å². The van der Waals surface area contributed by atoms with Gasteiger partial charge in [0.1, 0.15) is 5.69 Å². The number of benzene rings is 2. The number of rotatable bonds is 6. The third kappa shape index (κ3) is 4.43. The van der Waals surface area contributed by atoms with Gasteiger partial charge in [0.25, 0.3) is 11.6 Å². The van der Waals surface area contributed by atoms with E-state index in [1.54, 1.807) is 18.2 Å². The van der Waals surface area contributed by atoms with E-state index in [2.05, 4.69) is 27.6 Å². The SMILES string of the molecule is CCc1ccc(-c2cc(C(=O)N/N=C/c3cccc([N+](=O)[O-])c3)[nH]n2)cc1. The molecule has 1 aromatic heterocycles. The number of nitro groups is 1. The maximum Gasteiger partial charge on any atom is 0.289 e. The quantitative estimate of drug-likeness (QED) is 0.397. The topological polar surface area (TPSA) is 113 Å². The number of hydrazone groups is 1. The maximum absolute atomic E-state index is 12.2. The van der Waals surface area contributed by atoms with Gasteiger partial charge in [-0.05, 0) is 18.1 Å². The first-order valence-corrected chi connectivity index (χ1v) is 8.29. The van der Waals surface area contributed by atoms with Crippen molar-refractivity contribution in [3.8, 4) is 11.3 Å². The van der Waals surface area contributed by atoms with Crippen LogP contribution in [0.1, 0.15) is 28.5 Å². The Morgan fingerprint density at radius 1 is 1.26 bits per heavy atom. The van der Waals surface area contributed by atoms with Crippen LogP contribution in [0.5, 0.6) is 0 Å². The lowest BCUT2D eigenvalue weighted by Gasteiger charge is -1.98. The molecule has 0 unspecified atom stereocenters. The molecular weight excluding hydrogens is 346 g/mol. The number of aryl methyl sites for hydroxylation is 1. The number of nitrogens with one attached hydrogen (secondary N) is 2. The predicted octanol–water partition coefficient (Wildman–Crippen LogP) is 3.31. The van der Waals surface area contributed by atoms with Crippen LogP contribution in [0.25, 0.3) is 11.3 Å². The van der Waals surface area contributed by atoms with E-state index < -0.39 is 10.8 Å². The summed E-state index contributed by atoms with van der Waals surface area (Å²) in [5, 5.41) is 21.4. The second kappa shape index (κ2) is 8.05. The van der Waals surface area contributed by atoms with Gasteiger partial charge in [0.15, 0.2) is 0 Å². The fraction of sp³-hybridized carbons (Fsp3) is 0.105. The summed E-state index contributed by atoms with van der Waals surface area (Å²) in [4.78, 5) is 22.4. The number of aromatic nitrogens is 2. The molecule has 1 amide bonds. The zero-order valence-corrected chi connectivity index (χ0v) is 14.5. The molecule has 1 heterocycles. The highest BCUT2D eigenvalue weighted by molar-refractivity contribution is 5.94. The number of carbonyl (C=O) groups excluding carboxylic acids is 1. The van der Waals surface area contributed by atoms with Gasteiger partial charge < -0.3 is 0 Å². The highest BCUT2D eigenvalue weighted by Crippen LogP contribution is 2.18. The van der Waals surface area contributed by atoms with E-state index in [0.29, 0.717) is 11.3 Å². The second-order valence-electron chi connectivity index (χ2n) is 5.77. The van der Waals surface area contributed by atoms with Crippen LogP contribution in [-0.4, -0.2) is 27.2 Å². The Balaban J connectivity index is 1.65. The molecule has 8 heteroatoms. The Kier molecular flexibility index (Phi) is 5.36. The molecule has 8 nitrogen and oxygen atoms in total. The molecular formula is C19H17N5O3. The number of amides is 1. The average molecular weight is 363 g/mol. The highest BCUT2D eigenvalue weighted by Gasteiger charge is 2.10. The molecule has 0 spiro atoms. The van der Waals surface area contributed by atoms with Gasteiger partial charge in [0.2, 0.25) is 0 Å². The Bertz CT molecular complexity index is 993. The van der Waals surface area contributed by atoms with Gasteiger partial charge in [-0.15, -0.1) is 0 Å². The fourth-order valence-corrected chi connectivity index (χ4v) is 2.44. The maximum atomic E-state index is 12.2. The summed E-state index contributed by atoms with van der Waals surface area (Å²) in [6.07, 6.45) is 2.29. The molecule has 0 aliphatic carbocycles. The van der Waals surface area contributed by atoms with E-state index in [-0.39, 0.29) is 11.4 Å². The number of hydrogen-bond acceptors (Lipinski definition) is 5. The summed E-state index contributed by atoms with van der Waals surface area (Å²) in [6.45, 7) is 2.08. The third-order valence-corrected chi connectivity index (χ3v) is 3.94.